The predicted molar refractivity (Wildman–Crippen MR) is 67.4 cm³/mol. The zero-order valence-corrected chi connectivity index (χ0v) is 10.6. The Morgan fingerprint density at radius 1 is 1.44 bits per heavy atom. The van der Waals surface area contributed by atoms with E-state index in [1.165, 1.54) is 11.0 Å². The van der Waals surface area contributed by atoms with E-state index in [-0.39, 0.29) is 5.91 Å². The topological polar surface area (TPSA) is 42.0 Å². The number of allylic oxidation sites excluding steroid dienone is 3. The SMILES string of the molecule is C/C=C/C=C/C(=O)NCc1nc(C)c(C)s1. The molecular weight excluding hydrogens is 220 g/mol. The van der Waals surface area contributed by atoms with Crippen LogP contribution < -0.4 is 5.32 Å². The number of nitrogens with one attached hydrogen (secondary N) is 1. The average Bonchev–Trinajstić information content (AvgIpc) is 2.56. The van der Waals surface area contributed by atoms with E-state index in [2.05, 4.69) is 10.3 Å². The second-order valence-corrected chi connectivity index (χ2v) is 4.64. The molecule has 86 valence electrons. The lowest BCUT2D eigenvalue weighted by atomic mass is 10.4. The van der Waals surface area contributed by atoms with E-state index in [1.807, 2.05) is 32.9 Å². The number of hydrogen-bond donors (Lipinski definition) is 1. The molecule has 0 bridgehead atoms. The van der Waals surface area contributed by atoms with E-state index < -0.39 is 0 Å². The van der Waals surface area contributed by atoms with Gasteiger partial charge in [-0.2, -0.15) is 0 Å². The van der Waals surface area contributed by atoms with E-state index in [0.717, 1.165) is 10.7 Å². The summed E-state index contributed by atoms with van der Waals surface area (Å²) in [7, 11) is 0. The fourth-order valence-electron chi connectivity index (χ4n) is 1.09. The molecular formula is C12H16N2OS. The third-order valence-corrected chi connectivity index (χ3v) is 3.11. The third kappa shape index (κ3) is 3.98. The summed E-state index contributed by atoms with van der Waals surface area (Å²) in [5.41, 5.74) is 1.04. The molecule has 1 N–H and O–H groups in total. The van der Waals surface area contributed by atoms with Crippen LogP contribution in [0.4, 0.5) is 0 Å². The summed E-state index contributed by atoms with van der Waals surface area (Å²) in [4.78, 5) is 16.9. The van der Waals surface area contributed by atoms with Gasteiger partial charge in [0.2, 0.25) is 5.91 Å². The summed E-state index contributed by atoms with van der Waals surface area (Å²) in [6, 6.07) is 0. The Balaban J connectivity index is 2.43. The summed E-state index contributed by atoms with van der Waals surface area (Å²) in [6.07, 6.45) is 6.91. The molecule has 0 aliphatic rings. The van der Waals surface area contributed by atoms with Gasteiger partial charge in [0.25, 0.3) is 0 Å². The Morgan fingerprint density at radius 3 is 2.75 bits per heavy atom. The van der Waals surface area contributed by atoms with Crippen LogP contribution in [0.25, 0.3) is 0 Å². The normalized spacial score (nSPS) is 11.4. The molecule has 1 aromatic heterocycles. The summed E-state index contributed by atoms with van der Waals surface area (Å²) in [6.45, 7) is 6.41. The number of amides is 1. The molecule has 0 radical (unpaired) electrons. The van der Waals surface area contributed by atoms with E-state index >= 15 is 0 Å². The number of hydrogen-bond acceptors (Lipinski definition) is 3. The van der Waals surface area contributed by atoms with Gasteiger partial charge in [-0.1, -0.05) is 18.2 Å². The first-order valence-electron chi connectivity index (χ1n) is 5.13. The lowest BCUT2D eigenvalue weighted by molar-refractivity contribution is -0.116. The molecule has 1 heterocycles. The van der Waals surface area contributed by atoms with Crippen molar-refractivity contribution in [2.45, 2.75) is 27.3 Å². The number of carbonyl (C=O) groups excluding carboxylic acids is 1. The van der Waals surface area contributed by atoms with Gasteiger partial charge in [0.05, 0.1) is 12.2 Å². The first-order chi connectivity index (χ1) is 7.63. The fourth-order valence-corrected chi connectivity index (χ4v) is 1.96. The highest BCUT2D eigenvalue weighted by Crippen LogP contribution is 2.15. The van der Waals surface area contributed by atoms with Gasteiger partial charge in [-0.05, 0) is 20.8 Å². The third-order valence-electron chi connectivity index (χ3n) is 2.04. The number of rotatable bonds is 4. The van der Waals surface area contributed by atoms with E-state index in [0.29, 0.717) is 6.54 Å². The Morgan fingerprint density at radius 2 is 2.19 bits per heavy atom. The Labute approximate surface area is 99.9 Å². The average molecular weight is 236 g/mol. The van der Waals surface area contributed by atoms with Crippen molar-refractivity contribution in [2.24, 2.45) is 0 Å². The Kier molecular flexibility index (Phi) is 4.92. The highest BCUT2D eigenvalue weighted by Gasteiger charge is 2.03. The number of aryl methyl sites for hydroxylation is 2. The van der Waals surface area contributed by atoms with Crippen LogP contribution >= 0.6 is 11.3 Å². The molecule has 0 unspecified atom stereocenters. The van der Waals surface area contributed by atoms with Crippen molar-refractivity contribution in [2.75, 3.05) is 0 Å². The van der Waals surface area contributed by atoms with Crippen molar-refractivity contribution in [1.82, 2.24) is 10.3 Å². The summed E-state index contributed by atoms with van der Waals surface area (Å²) in [5, 5.41) is 3.73. The molecule has 0 atom stereocenters. The summed E-state index contributed by atoms with van der Waals surface area (Å²) < 4.78 is 0. The first-order valence-corrected chi connectivity index (χ1v) is 5.95. The summed E-state index contributed by atoms with van der Waals surface area (Å²) in [5.74, 6) is -0.0939. The van der Waals surface area contributed by atoms with Crippen LogP contribution in [0.2, 0.25) is 0 Å². The van der Waals surface area contributed by atoms with E-state index in [9.17, 15) is 4.79 Å². The van der Waals surface area contributed by atoms with Crippen molar-refractivity contribution in [3.63, 3.8) is 0 Å². The molecule has 1 rings (SSSR count). The van der Waals surface area contributed by atoms with Crippen molar-refractivity contribution >= 4 is 17.2 Å². The van der Waals surface area contributed by atoms with Gasteiger partial charge >= 0.3 is 0 Å². The minimum Gasteiger partial charge on any atom is -0.346 e. The van der Waals surface area contributed by atoms with Crippen molar-refractivity contribution in [1.29, 1.82) is 0 Å². The lowest BCUT2D eigenvalue weighted by Gasteiger charge is -1.97. The van der Waals surface area contributed by atoms with E-state index in [1.54, 1.807) is 17.4 Å². The van der Waals surface area contributed by atoms with Crippen molar-refractivity contribution in [3.05, 3.63) is 39.9 Å². The smallest absolute Gasteiger partial charge is 0.244 e. The van der Waals surface area contributed by atoms with Crippen LogP contribution in [0.3, 0.4) is 0 Å². The van der Waals surface area contributed by atoms with Crippen molar-refractivity contribution < 1.29 is 4.79 Å². The zero-order chi connectivity index (χ0) is 12.0. The van der Waals surface area contributed by atoms with Crippen molar-refractivity contribution in [3.8, 4) is 0 Å². The molecule has 3 nitrogen and oxygen atoms in total. The monoisotopic (exact) mass is 236 g/mol. The second kappa shape index (κ2) is 6.23. The molecule has 4 heteroatoms. The molecule has 0 saturated carbocycles. The Bertz CT molecular complexity index is 399. The highest BCUT2D eigenvalue weighted by atomic mass is 32.1. The molecule has 1 amide bonds. The van der Waals surface area contributed by atoms with Crippen LogP contribution in [0.15, 0.2) is 24.3 Å². The van der Waals surface area contributed by atoms with Crippen LogP contribution in [-0.2, 0) is 11.3 Å². The quantitative estimate of drug-likeness (QED) is 0.644. The number of thiazole rings is 1. The zero-order valence-electron chi connectivity index (χ0n) is 9.78. The van der Waals surface area contributed by atoms with Crippen LogP contribution in [-0.4, -0.2) is 10.9 Å². The number of nitrogens with zero attached hydrogens (tertiary/aromatic N) is 1. The minimum atomic E-state index is -0.0939. The van der Waals surface area contributed by atoms with Crippen LogP contribution in [0, 0.1) is 13.8 Å². The summed E-state index contributed by atoms with van der Waals surface area (Å²) >= 11 is 1.62. The van der Waals surface area contributed by atoms with Gasteiger partial charge in [0.15, 0.2) is 0 Å². The standard InChI is InChI=1S/C12H16N2OS/c1-4-5-6-7-11(15)13-8-12-14-9(2)10(3)16-12/h4-7H,8H2,1-3H3,(H,13,15)/b5-4+,7-6+. The molecule has 0 fully saturated rings. The van der Waals surface area contributed by atoms with Gasteiger partial charge in [-0.15, -0.1) is 11.3 Å². The predicted octanol–water partition coefficient (Wildman–Crippen LogP) is 2.51. The molecule has 1 aromatic rings. The lowest BCUT2D eigenvalue weighted by Crippen LogP contribution is -2.20. The van der Waals surface area contributed by atoms with Gasteiger partial charge in [0.1, 0.15) is 5.01 Å². The van der Waals surface area contributed by atoms with Gasteiger partial charge < -0.3 is 5.32 Å². The second-order valence-electron chi connectivity index (χ2n) is 3.35. The van der Waals surface area contributed by atoms with Gasteiger partial charge in [-0.3, -0.25) is 4.79 Å². The molecule has 16 heavy (non-hydrogen) atoms. The van der Waals surface area contributed by atoms with E-state index in [4.69, 9.17) is 0 Å². The molecule has 0 saturated heterocycles. The Hall–Kier alpha value is -1.42. The van der Waals surface area contributed by atoms with Crippen LogP contribution in [0.5, 0.6) is 0 Å². The maximum Gasteiger partial charge on any atom is 0.244 e. The van der Waals surface area contributed by atoms with Gasteiger partial charge in [-0.25, -0.2) is 4.98 Å². The fraction of sp³-hybridized carbons (Fsp3) is 0.333. The first kappa shape index (κ1) is 12.6. The number of carbonyl (C=O) groups is 1. The largest absolute Gasteiger partial charge is 0.346 e. The molecule has 0 aliphatic carbocycles. The molecule has 0 aromatic carbocycles. The van der Waals surface area contributed by atoms with Crippen LogP contribution in [0.1, 0.15) is 22.5 Å². The minimum absolute atomic E-state index is 0.0939. The highest BCUT2D eigenvalue weighted by molar-refractivity contribution is 7.11. The number of aromatic nitrogens is 1. The molecule has 0 aliphatic heterocycles. The maximum atomic E-state index is 11.3. The maximum absolute atomic E-state index is 11.3. The molecule has 0 spiro atoms. The van der Waals surface area contributed by atoms with Gasteiger partial charge in [0, 0.05) is 11.0 Å².